The van der Waals surface area contributed by atoms with E-state index in [-0.39, 0.29) is 36.7 Å². The van der Waals surface area contributed by atoms with Gasteiger partial charge in [0.25, 0.3) is 5.91 Å². The van der Waals surface area contributed by atoms with Gasteiger partial charge in [0.2, 0.25) is 11.8 Å². The second kappa shape index (κ2) is 14.8. The predicted octanol–water partition coefficient (Wildman–Crippen LogP) is 4.77. The molecule has 2 fully saturated rings. The Hall–Kier alpha value is -4.71. The number of benzene rings is 2. The zero-order valence-corrected chi connectivity index (χ0v) is 25.6. The lowest BCUT2D eigenvalue weighted by atomic mass is 9.79. The van der Waals surface area contributed by atoms with Crippen molar-refractivity contribution in [2.24, 2.45) is 22.6 Å². The maximum Gasteiger partial charge on any atom is 0.433 e. The van der Waals surface area contributed by atoms with E-state index in [1.54, 1.807) is 40.6 Å². The molecule has 3 aromatic rings. The first kappa shape index (κ1) is 31.7. The molecule has 4 amide bonds. The number of aliphatic imine (C=N–C) groups is 1. The summed E-state index contributed by atoms with van der Waals surface area (Å²) < 4.78 is 5.78. The van der Waals surface area contributed by atoms with Crippen LogP contribution in [0.3, 0.4) is 0 Å². The summed E-state index contributed by atoms with van der Waals surface area (Å²) in [5, 5.41) is 16.2. The Labute approximate surface area is 265 Å². The van der Waals surface area contributed by atoms with E-state index >= 15 is 0 Å². The maximum atomic E-state index is 13.5. The molecule has 0 unspecified atom stereocenters. The van der Waals surface area contributed by atoms with Gasteiger partial charge in [-0.05, 0) is 60.7 Å². The molecule has 11 nitrogen and oxygen atoms in total. The van der Waals surface area contributed by atoms with Crippen molar-refractivity contribution in [3.63, 3.8) is 0 Å². The summed E-state index contributed by atoms with van der Waals surface area (Å²) in [5.41, 5.74) is 6.59. The topological polar surface area (TPSA) is 163 Å². The van der Waals surface area contributed by atoms with Crippen molar-refractivity contribution in [2.75, 3.05) is 13.1 Å². The number of hydrogen-bond acceptors (Lipinski definition) is 6. The molecule has 1 saturated carbocycles. The van der Waals surface area contributed by atoms with Gasteiger partial charge in [0.15, 0.2) is 0 Å². The van der Waals surface area contributed by atoms with Crippen LogP contribution >= 0.6 is 11.3 Å². The number of nitrogens with two attached hydrogens (primary N) is 1. The minimum absolute atomic E-state index is 0.113. The average Bonchev–Trinajstić information content (AvgIpc) is 3.72. The van der Waals surface area contributed by atoms with Gasteiger partial charge >= 0.3 is 6.09 Å². The minimum Gasteiger partial charge on any atom is -0.463 e. The van der Waals surface area contributed by atoms with Crippen LogP contribution in [0.5, 0.6) is 11.5 Å². The van der Waals surface area contributed by atoms with Crippen LogP contribution in [0.4, 0.5) is 4.79 Å². The van der Waals surface area contributed by atoms with Crippen LogP contribution in [-0.4, -0.2) is 58.8 Å². The highest BCUT2D eigenvalue weighted by Gasteiger charge is 2.42. The Balaban J connectivity index is 1.19. The number of para-hydroxylation sites is 1. The van der Waals surface area contributed by atoms with Gasteiger partial charge in [-0.3, -0.25) is 14.4 Å². The highest BCUT2D eigenvalue weighted by atomic mass is 32.1. The Kier molecular flexibility index (Phi) is 10.5. The van der Waals surface area contributed by atoms with Gasteiger partial charge in [-0.15, -0.1) is 11.3 Å². The highest BCUT2D eigenvalue weighted by molar-refractivity contribution is 7.10. The summed E-state index contributed by atoms with van der Waals surface area (Å²) >= 11 is 1.33. The molecule has 12 heteroatoms. The standard InChI is InChI=1S/C33H37N5O6S/c34-30(37-33(42)43)24-15-27(45-20-24)17-35-32(41)28-16-23(21-7-3-1-4-8-21)19-38(28)29(39)18-36-31(40)22-11-13-26(14-12-22)44-25-9-5-2-6-10-25/h2,5-6,9-15,20-21,23,28H,1,3-4,7-8,16-19H2,(H2,34,37)(H,35,41)(H,36,40)(H,42,43)/t23-,28+/m1/s1. The van der Waals surface area contributed by atoms with Gasteiger partial charge < -0.3 is 31.1 Å². The second-order valence-electron chi connectivity index (χ2n) is 11.4. The van der Waals surface area contributed by atoms with Crippen LogP contribution in [0.15, 0.2) is 71.0 Å². The van der Waals surface area contributed by atoms with E-state index < -0.39 is 18.0 Å². The fourth-order valence-electron chi connectivity index (χ4n) is 6.07. The van der Waals surface area contributed by atoms with Gasteiger partial charge in [-0.1, -0.05) is 50.3 Å². The largest absolute Gasteiger partial charge is 0.463 e. The second-order valence-corrected chi connectivity index (χ2v) is 12.4. The Morgan fingerprint density at radius 3 is 2.36 bits per heavy atom. The third-order valence-corrected chi connectivity index (χ3v) is 9.31. The Morgan fingerprint density at radius 2 is 1.64 bits per heavy atom. The number of hydrogen-bond donors (Lipinski definition) is 4. The molecule has 5 rings (SSSR count). The van der Waals surface area contributed by atoms with Crippen molar-refractivity contribution in [3.05, 3.63) is 82.0 Å². The number of ether oxygens (including phenoxy) is 1. The number of carboxylic acid groups (broad SMARTS) is 1. The van der Waals surface area contributed by atoms with E-state index in [9.17, 15) is 19.2 Å². The quantitative estimate of drug-likeness (QED) is 0.185. The van der Waals surface area contributed by atoms with E-state index in [1.807, 2.05) is 30.3 Å². The van der Waals surface area contributed by atoms with E-state index in [0.29, 0.717) is 41.5 Å². The smallest absolute Gasteiger partial charge is 0.433 e. The number of nitrogens with one attached hydrogen (secondary N) is 2. The van der Waals surface area contributed by atoms with Crippen LogP contribution in [0, 0.1) is 11.8 Å². The zero-order chi connectivity index (χ0) is 31.8. The third kappa shape index (κ3) is 8.48. The van der Waals surface area contributed by atoms with Gasteiger partial charge in [-0.2, -0.15) is 4.99 Å². The summed E-state index contributed by atoms with van der Waals surface area (Å²) in [6.07, 6.45) is 4.92. The summed E-state index contributed by atoms with van der Waals surface area (Å²) in [6.45, 7) is 0.463. The molecule has 2 aliphatic rings. The van der Waals surface area contributed by atoms with Gasteiger partial charge in [-0.25, -0.2) is 4.79 Å². The summed E-state index contributed by atoms with van der Waals surface area (Å²) in [7, 11) is 0. The number of carbonyl (C=O) groups is 4. The van der Waals surface area contributed by atoms with E-state index in [0.717, 1.165) is 30.6 Å². The first-order valence-corrected chi connectivity index (χ1v) is 16.0. The van der Waals surface area contributed by atoms with Gasteiger partial charge in [0.1, 0.15) is 23.4 Å². The summed E-state index contributed by atoms with van der Waals surface area (Å²) in [4.78, 5) is 56.3. The molecule has 236 valence electrons. The number of likely N-dealkylation sites (tertiary alicyclic amines) is 1. The molecule has 45 heavy (non-hydrogen) atoms. The molecular weight excluding hydrogens is 594 g/mol. The fourth-order valence-corrected chi connectivity index (χ4v) is 6.88. The summed E-state index contributed by atoms with van der Waals surface area (Å²) in [5.74, 6) is 0.893. The van der Waals surface area contributed by atoms with E-state index in [4.69, 9.17) is 15.6 Å². The van der Waals surface area contributed by atoms with E-state index in [2.05, 4.69) is 15.6 Å². The average molecular weight is 632 g/mol. The molecule has 1 aromatic heterocycles. The molecule has 1 aliphatic carbocycles. The van der Waals surface area contributed by atoms with Crippen molar-refractivity contribution >= 4 is 41.0 Å². The lowest BCUT2D eigenvalue weighted by Gasteiger charge is -2.27. The number of thiophene rings is 1. The number of carbonyl (C=O) groups excluding carboxylic acids is 3. The highest BCUT2D eigenvalue weighted by Crippen LogP contribution is 2.37. The van der Waals surface area contributed by atoms with Crippen LogP contribution in [-0.2, 0) is 16.1 Å². The van der Waals surface area contributed by atoms with E-state index in [1.165, 1.54) is 17.8 Å². The lowest BCUT2D eigenvalue weighted by molar-refractivity contribution is -0.137. The SMILES string of the molecule is NC(=NC(=O)O)c1csc(CNC(=O)[C@@H]2C[C@@H](C3CCCCC3)CN2C(=O)CNC(=O)c2ccc(Oc3ccccc3)cc2)c1. The number of amides is 4. The van der Waals surface area contributed by atoms with Crippen molar-refractivity contribution in [2.45, 2.75) is 51.1 Å². The molecule has 5 N–H and O–H groups in total. The third-order valence-electron chi connectivity index (χ3n) is 8.37. The zero-order valence-electron chi connectivity index (χ0n) is 24.8. The van der Waals surface area contributed by atoms with Crippen LogP contribution in [0.2, 0.25) is 0 Å². The van der Waals surface area contributed by atoms with Crippen molar-refractivity contribution in [3.8, 4) is 11.5 Å². The molecule has 2 aromatic carbocycles. The molecule has 0 spiro atoms. The molecular formula is C33H37N5O6S. The lowest BCUT2D eigenvalue weighted by Crippen LogP contribution is -2.48. The molecule has 1 saturated heterocycles. The Bertz CT molecular complexity index is 1530. The molecule has 2 heterocycles. The predicted molar refractivity (Wildman–Crippen MR) is 170 cm³/mol. The normalized spacial score (nSPS) is 18.8. The van der Waals surface area contributed by atoms with Crippen molar-refractivity contribution in [1.29, 1.82) is 0 Å². The van der Waals surface area contributed by atoms with Crippen LogP contribution < -0.4 is 21.1 Å². The molecule has 1 aliphatic heterocycles. The van der Waals surface area contributed by atoms with Crippen LogP contribution in [0.1, 0.15) is 59.3 Å². The summed E-state index contributed by atoms with van der Waals surface area (Å²) in [6, 6.07) is 17.0. The van der Waals surface area contributed by atoms with Crippen LogP contribution in [0.25, 0.3) is 0 Å². The molecule has 0 radical (unpaired) electrons. The first-order chi connectivity index (χ1) is 21.8. The number of rotatable bonds is 10. The number of nitrogens with zero attached hydrogens (tertiary/aromatic N) is 2. The van der Waals surface area contributed by atoms with Gasteiger partial charge in [0.05, 0.1) is 13.1 Å². The van der Waals surface area contributed by atoms with Gasteiger partial charge in [0, 0.05) is 27.9 Å². The molecule has 0 bridgehead atoms. The maximum absolute atomic E-state index is 13.5. The Morgan fingerprint density at radius 1 is 0.933 bits per heavy atom. The minimum atomic E-state index is -1.38. The fraction of sp³-hybridized carbons (Fsp3) is 0.364. The number of amidine groups is 1. The first-order valence-electron chi connectivity index (χ1n) is 15.1. The van der Waals surface area contributed by atoms with Crippen molar-refractivity contribution in [1.82, 2.24) is 15.5 Å². The monoisotopic (exact) mass is 631 g/mol. The van der Waals surface area contributed by atoms with Crippen molar-refractivity contribution < 1.29 is 29.0 Å². The molecule has 2 atom stereocenters.